The highest BCUT2D eigenvalue weighted by atomic mass is 32.1. The first-order valence-corrected chi connectivity index (χ1v) is 8.57. The molecule has 3 N–H and O–H groups in total. The molecule has 0 aliphatic carbocycles. The van der Waals surface area contributed by atoms with Crippen LogP contribution in [0.3, 0.4) is 0 Å². The van der Waals surface area contributed by atoms with E-state index in [1.165, 1.54) is 11.3 Å². The van der Waals surface area contributed by atoms with Crippen LogP contribution in [-0.2, 0) is 16.1 Å². The fourth-order valence-electron chi connectivity index (χ4n) is 1.77. The van der Waals surface area contributed by atoms with Crippen molar-refractivity contribution in [3.05, 3.63) is 33.6 Å². The van der Waals surface area contributed by atoms with Crippen molar-refractivity contribution in [3.8, 4) is 0 Å². The maximum Gasteiger partial charge on any atom is 0.343 e. The van der Waals surface area contributed by atoms with E-state index in [0.717, 1.165) is 16.4 Å². The highest BCUT2D eigenvalue weighted by Gasteiger charge is 2.20. The van der Waals surface area contributed by atoms with Crippen LogP contribution in [0.1, 0.15) is 20.9 Å². The van der Waals surface area contributed by atoms with Crippen molar-refractivity contribution >= 4 is 45.8 Å². The monoisotopic (exact) mass is 368 g/mol. The number of hydrogen-bond acceptors (Lipinski definition) is 8. The summed E-state index contributed by atoms with van der Waals surface area (Å²) in [7, 11) is 1.66. The Morgan fingerprint density at radius 1 is 1.33 bits per heavy atom. The average molecular weight is 368 g/mol. The summed E-state index contributed by atoms with van der Waals surface area (Å²) in [5.74, 6) is -1.38. The molecule has 0 aliphatic heterocycles. The van der Waals surface area contributed by atoms with E-state index in [4.69, 9.17) is 4.74 Å². The lowest BCUT2D eigenvalue weighted by Crippen LogP contribution is -2.41. The number of thiophene rings is 1. The molecule has 128 valence electrons. The second-order valence-electron chi connectivity index (χ2n) is 4.61. The number of ether oxygens (including phenoxy) is 1. The third-order valence-electron chi connectivity index (χ3n) is 2.88. The molecule has 2 rings (SSSR count). The fraction of sp³-hybridized carbons (Fsp3) is 0.286. The first-order valence-electron chi connectivity index (χ1n) is 6.92. The molecule has 2 aromatic rings. The van der Waals surface area contributed by atoms with Crippen molar-refractivity contribution < 1.29 is 19.1 Å². The Morgan fingerprint density at radius 2 is 2.12 bits per heavy atom. The Hall–Kier alpha value is -2.46. The van der Waals surface area contributed by atoms with E-state index in [1.807, 2.05) is 17.5 Å². The van der Waals surface area contributed by atoms with Crippen molar-refractivity contribution in [2.24, 2.45) is 0 Å². The van der Waals surface area contributed by atoms with Gasteiger partial charge in [0.2, 0.25) is 0 Å². The molecule has 0 atom stereocenters. The number of amides is 3. The van der Waals surface area contributed by atoms with Gasteiger partial charge >= 0.3 is 12.0 Å². The fourth-order valence-corrected chi connectivity index (χ4v) is 3.15. The largest absolute Gasteiger partial charge is 0.452 e. The van der Waals surface area contributed by atoms with Gasteiger partial charge in [-0.3, -0.25) is 10.1 Å². The molecule has 0 spiro atoms. The van der Waals surface area contributed by atoms with Crippen LogP contribution in [0, 0.1) is 6.92 Å². The maximum atomic E-state index is 12.0. The molecule has 0 saturated heterocycles. The van der Waals surface area contributed by atoms with Crippen LogP contribution in [0.25, 0.3) is 0 Å². The Bertz CT molecular complexity index is 727. The van der Waals surface area contributed by atoms with Crippen molar-refractivity contribution in [1.29, 1.82) is 0 Å². The molecule has 0 radical (unpaired) electrons. The maximum absolute atomic E-state index is 12.0. The number of nitrogens with zero attached hydrogens (tertiary/aromatic N) is 1. The third kappa shape index (κ3) is 4.77. The number of aromatic nitrogens is 1. The van der Waals surface area contributed by atoms with Gasteiger partial charge in [-0.2, -0.15) is 4.37 Å². The van der Waals surface area contributed by atoms with Gasteiger partial charge in [-0.25, -0.2) is 9.59 Å². The number of imide groups is 1. The average Bonchev–Trinajstić information content (AvgIpc) is 3.19. The molecule has 10 heteroatoms. The zero-order valence-corrected chi connectivity index (χ0v) is 14.7. The van der Waals surface area contributed by atoms with E-state index in [0.29, 0.717) is 17.2 Å². The topological polar surface area (TPSA) is 109 Å². The molecule has 0 saturated carbocycles. The zero-order valence-electron chi connectivity index (χ0n) is 13.0. The lowest BCUT2D eigenvalue weighted by molar-refractivity contribution is -0.123. The highest BCUT2D eigenvalue weighted by molar-refractivity contribution is 7.10. The number of hydrogen-bond donors (Lipinski definition) is 3. The molecule has 2 aromatic heterocycles. The second-order valence-corrected chi connectivity index (χ2v) is 6.41. The van der Waals surface area contributed by atoms with Gasteiger partial charge in [-0.15, -0.1) is 11.3 Å². The number of esters is 1. The molecule has 8 nitrogen and oxygen atoms in total. The summed E-state index contributed by atoms with van der Waals surface area (Å²) in [5.41, 5.74) is 0.806. The van der Waals surface area contributed by atoms with E-state index in [1.54, 1.807) is 14.0 Å². The van der Waals surface area contributed by atoms with Crippen molar-refractivity contribution in [2.45, 2.75) is 13.5 Å². The molecule has 0 fully saturated rings. The lowest BCUT2D eigenvalue weighted by Gasteiger charge is -2.07. The van der Waals surface area contributed by atoms with Gasteiger partial charge in [0.1, 0.15) is 10.6 Å². The van der Waals surface area contributed by atoms with Gasteiger partial charge < -0.3 is 15.4 Å². The number of carbonyl (C=O) groups is 3. The van der Waals surface area contributed by atoms with Crippen LogP contribution in [-0.4, -0.2) is 35.9 Å². The van der Waals surface area contributed by atoms with Crippen LogP contribution in [0.4, 0.5) is 9.80 Å². The van der Waals surface area contributed by atoms with Crippen LogP contribution in [0.2, 0.25) is 0 Å². The third-order valence-corrected chi connectivity index (χ3v) is 4.72. The summed E-state index contributed by atoms with van der Waals surface area (Å²) in [6.07, 6.45) is 0. The number of aryl methyl sites for hydroxylation is 1. The van der Waals surface area contributed by atoms with Crippen LogP contribution < -0.4 is 16.0 Å². The first kappa shape index (κ1) is 17.9. The molecule has 3 amide bonds. The van der Waals surface area contributed by atoms with E-state index in [9.17, 15) is 14.4 Å². The van der Waals surface area contributed by atoms with Crippen molar-refractivity contribution in [2.75, 3.05) is 19.0 Å². The molecular weight excluding hydrogens is 352 g/mol. The van der Waals surface area contributed by atoms with Gasteiger partial charge in [-0.05, 0) is 29.9 Å². The summed E-state index contributed by atoms with van der Waals surface area (Å²) >= 11 is 2.62. The SMILES string of the molecule is CNc1snc(C)c1C(=O)OCC(=O)NC(=O)NCc1cccs1. The second kappa shape index (κ2) is 8.41. The van der Waals surface area contributed by atoms with Gasteiger partial charge in [0.25, 0.3) is 5.91 Å². The molecule has 0 bridgehead atoms. The van der Waals surface area contributed by atoms with Gasteiger partial charge in [0, 0.05) is 11.9 Å². The molecular formula is C14H16N4O4S2. The summed E-state index contributed by atoms with van der Waals surface area (Å²) in [4.78, 5) is 36.2. The Balaban J connectivity index is 1.77. The zero-order chi connectivity index (χ0) is 17.5. The number of urea groups is 1. The van der Waals surface area contributed by atoms with Gasteiger partial charge in [-0.1, -0.05) is 6.07 Å². The standard InChI is InChI=1S/C14H16N4O4S2/c1-8-11(12(15-2)24-18-8)13(20)22-7-10(19)17-14(21)16-6-9-4-3-5-23-9/h3-5,15H,6-7H2,1-2H3,(H2,16,17,19,21). The smallest absolute Gasteiger partial charge is 0.343 e. The van der Waals surface area contributed by atoms with E-state index in [2.05, 4.69) is 20.3 Å². The Labute approximate surface area is 146 Å². The lowest BCUT2D eigenvalue weighted by atomic mass is 10.2. The summed E-state index contributed by atoms with van der Waals surface area (Å²) < 4.78 is 8.97. The molecule has 0 aliphatic rings. The molecule has 0 aromatic carbocycles. The van der Waals surface area contributed by atoms with Crippen molar-refractivity contribution in [1.82, 2.24) is 15.0 Å². The highest BCUT2D eigenvalue weighted by Crippen LogP contribution is 2.24. The minimum absolute atomic E-state index is 0.289. The number of nitrogens with one attached hydrogen (secondary N) is 3. The summed E-state index contributed by atoms with van der Waals surface area (Å²) in [6.45, 7) is 1.44. The molecule has 2 heterocycles. The van der Waals surface area contributed by atoms with Gasteiger partial charge in [0.05, 0.1) is 12.2 Å². The predicted octanol–water partition coefficient (Wildman–Crippen LogP) is 1.74. The van der Waals surface area contributed by atoms with Crippen molar-refractivity contribution in [3.63, 3.8) is 0 Å². The summed E-state index contributed by atoms with van der Waals surface area (Å²) in [6, 6.07) is 3.09. The van der Waals surface area contributed by atoms with Gasteiger partial charge in [0.15, 0.2) is 6.61 Å². The molecule has 0 unspecified atom stereocenters. The predicted molar refractivity (Wildman–Crippen MR) is 91.4 cm³/mol. The van der Waals surface area contributed by atoms with E-state index in [-0.39, 0.29) is 5.56 Å². The van der Waals surface area contributed by atoms with Crippen LogP contribution >= 0.6 is 22.9 Å². The minimum atomic E-state index is -0.709. The summed E-state index contributed by atoms with van der Waals surface area (Å²) in [5, 5.41) is 9.92. The van der Waals surface area contributed by atoms with Crippen LogP contribution in [0.5, 0.6) is 0 Å². The number of anilines is 1. The quantitative estimate of drug-likeness (QED) is 0.670. The number of carbonyl (C=O) groups excluding carboxylic acids is 3. The normalized spacial score (nSPS) is 10.1. The minimum Gasteiger partial charge on any atom is -0.452 e. The van der Waals surface area contributed by atoms with E-state index >= 15 is 0 Å². The molecule has 24 heavy (non-hydrogen) atoms. The number of rotatable bonds is 6. The Kier molecular flexibility index (Phi) is 6.27. The first-order chi connectivity index (χ1) is 11.5. The van der Waals surface area contributed by atoms with E-state index < -0.39 is 24.5 Å². The van der Waals surface area contributed by atoms with Crippen LogP contribution in [0.15, 0.2) is 17.5 Å². The Morgan fingerprint density at radius 3 is 2.79 bits per heavy atom.